The highest BCUT2D eigenvalue weighted by Crippen LogP contribution is 2.28. The van der Waals surface area contributed by atoms with Crippen LogP contribution >= 0.6 is 11.6 Å². The molecule has 0 aromatic heterocycles. The first-order valence-corrected chi connectivity index (χ1v) is 7.41. The normalized spacial score (nSPS) is 19.4. The van der Waals surface area contributed by atoms with Gasteiger partial charge in [0.05, 0.1) is 10.7 Å². The molecule has 3 heteroatoms. The van der Waals surface area contributed by atoms with E-state index in [1.807, 2.05) is 12.1 Å². The molecule has 104 valence electrons. The van der Waals surface area contributed by atoms with Gasteiger partial charge in [-0.25, -0.2) is 0 Å². The second-order valence-electron chi connectivity index (χ2n) is 5.49. The number of hydrogen-bond donors (Lipinski definition) is 1. The lowest BCUT2D eigenvalue weighted by molar-refractivity contribution is 0.327. The Bertz CT molecular complexity index is 583. The molecule has 1 heterocycles. The monoisotopic (exact) mass is 286 g/mol. The van der Waals surface area contributed by atoms with E-state index >= 15 is 0 Å². The Labute approximate surface area is 125 Å². The molecule has 1 aliphatic heterocycles. The van der Waals surface area contributed by atoms with Crippen LogP contribution in [0.1, 0.15) is 23.5 Å². The average molecular weight is 287 g/mol. The van der Waals surface area contributed by atoms with Crippen LogP contribution in [0.15, 0.2) is 48.5 Å². The van der Waals surface area contributed by atoms with Gasteiger partial charge < -0.3 is 5.73 Å². The predicted molar refractivity (Wildman–Crippen MR) is 84.9 cm³/mol. The van der Waals surface area contributed by atoms with Crippen molar-refractivity contribution in [3.8, 4) is 0 Å². The zero-order valence-corrected chi connectivity index (χ0v) is 12.2. The number of halogens is 1. The van der Waals surface area contributed by atoms with Gasteiger partial charge in [-0.1, -0.05) is 48.0 Å². The van der Waals surface area contributed by atoms with Crippen LogP contribution in [-0.4, -0.2) is 18.0 Å². The fourth-order valence-corrected chi connectivity index (χ4v) is 3.10. The molecule has 2 nitrogen and oxygen atoms in total. The van der Waals surface area contributed by atoms with Gasteiger partial charge in [0.2, 0.25) is 0 Å². The number of hydrogen-bond acceptors (Lipinski definition) is 2. The van der Waals surface area contributed by atoms with E-state index < -0.39 is 0 Å². The number of likely N-dealkylation sites (tertiary alicyclic amines) is 1. The van der Waals surface area contributed by atoms with Gasteiger partial charge in [0.15, 0.2) is 0 Å². The molecule has 2 aromatic rings. The first kappa shape index (κ1) is 13.5. The van der Waals surface area contributed by atoms with Crippen molar-refractivity contribution in [1.82, 2.24) is 4.90 Å². The Balaban J connectivity index is 1.64. The maximum Gasteiger partial charge on any atom is 0.0638 e. The third-order valence-corrected chi connectivity index (χ3v) is 4.34. The number of rotatable bonds is 3. The summed E-state index contributed by atoms with van der Waals surface area (Å²) in [5, 5.41) is 0.654. The van der Waals surface area contributed by atoms with Crippen LogP contribution in [0.5, 0.6) is 0 Å². The Hall–Kier alpha value is -1.51. The SMILES string of the molecule is Nc1ccc(CN2CCC(c3ccccc3)C2)cc1Cl. The zero-order valence-electron chi connectivity index (χ0n) is 11.4. The lowest BCUT2D eigenvalue weighted by Crippen LogP contribution is -2.19. The molecule has 1 atom stereocenters. The van der Waals surface area contributed by atoms with Crippen molar-refractivity contribution in [3.05, 3.63) is 64.7 Å². The molecule has 2 N–H and O–H groups in total. The summed E-state index contributed by atoms with van der Waals surface area (Å²) in [6, 6.07) is 16.7. The van der Waals surface area contributed by atoms with Gasteiger partial charge in [-0.15, -0.1) is 0 Å². The van der Waals surface area contributed by atoms with Crippen molar-refractivity contribution in [2.45, 2.75) is 18.9 Å². The van der Waals surface area contributed by atoms with Crippen molar-refractivity contribution < 1.29 is 0 Å². The Kier molecular flexibility index (Phi) is 3.95. The van der Waals surface area contributed by atoms with Crippen molar-refractivity contribution >= 4 is 17.3 Å². The van der Waals surface area contributed by atoms with Gasteiger partial charge >= 0.3 is 0 Å². The molecular weight excluding hydrogens is 268 g/mol. The minimum atomic E-state index is 0.652. The van der Waals surface area contributed by atoms with Crippen LogP contribution in [0.2, 0.25) is 5.02 Å². The third-order valence-electron chi connectivity index (χ3n) is 4.01. The Morgan fingerprint density at radius 3 is 2.70 bits per heavy atom. The third kappa shape index (κ3) is 2.97. The van der Waals surface area contributed by atoms with Crippen LogP contribution < -0.4 is 5.73 Å². The van der Waals surface area contributed by atoms with E-state index in [0.717, 1.165) is 19.6 Å². The highest BCUT2D eigenvalue weighted by molar-refractivity contribution is 6.33. The van der Waals surface area contributed by atoms with E-state index in [1.54, 1.807) is 0 Å². The van der Waals surface area contributed by atoms with Gasteiger partial charge in [0.1, 0.15) is 0 Å². The number of anilines is 1. The van der Waals surface area contributed by atoms with Crippen LogP contribution in [-0.2, 0) is 6.54 Å². The van der Waals surface area contributed by atoms with Crippen LogP contribution in [0, 0.1) is 0 Å². The predicted octanol–water partition coefficient (Wildman–Crippen LogP) is 3.91. The number of benzene rings is 2. The quantitative estimate of drug-likeness (QED) is 0.867. The molecule has 0 saturated carbocycles. The summed E-state index contributed by atoms with van der Waals surface area (Å²) in [6.07, 6.45) is 1.23. The van der Waals surface area contributed by atoms with E-state index in [4.69, 9.17) is 17.3 Å². The molecule has 0 aliphatic carbocycles. The minimum Gasteiger partial charge on any atom is -0.398 e. The van der Waals surface area contributed by atoms with Gasteiger partial charge in [0.25, 0.3) is 0 Å². The van der Waals surface area contributed by atoms with Gasteiger partial charge in [0, 0.05) is 13.1 Å². The smallest absolute Gasteiger partial charge is 0.0638 e. The summed E-state index contributed by atoms with van der Waals surface area (Å²) < 4.78 is 0. The van der Waals surface area contributed by atoms with Crippen LogP contribution in [0.25, 0.3) is 0 Å². The first-order valence-electron chi connectivity index (χ1n) is 7.03. The molecule has 0 amide bonds. The standard InChI is InChI=1S/C17H19ClN2/c18-16-10-13(6-7-17(16)19)11-20-9-8-15(12-20)14-4-2-1-3-5-14/h1-7,10,15H,8-9,11-12,19H2. The molecule has 0 spiro atoms. The average Bonchev–Trinajstić information content (AvgIpc) is 2.92. The van der Waals surface area contributed by atoms with Gasteiger partial charge in [-0.05, 0) is 42.1 Å². The van der Waals surface area contributed by atoms with E-state index in [1.165, 1.54) is 17.5 Å². The van der Waals surface area contributed by atoms with Crippen LogP contribution in [0.3, 0.4) is 0 Å². The van der Waals surface area contributed by atoms with E-state index in [-0.39, 0.29) is 0 Å². The maximum atomic E-state index is 6.08. The molecule has 3 rings (SSSR count). The topological polar surface area (TPSA) is 29.3 Å². The Morgan fingerprint density at radius 2 is 1.95 bits per heavy atom. The molecule has 0 radical (unpaired) electrons. The molecule has 1 unspecified atom stereocenters. The minimum absolute atomic E-state index is 0.652. The number of nitrogen functional groups attached to an aromatic ring is 1. The molecule has 1 saturated heterocycles. The second-order valence-corrected chi connectivity index (χ2v) is 5.89. The Morgan fingerprint density at radius 1 is 1.15 bits per heavy atom. The molecule has 1 aliphatic rings. The lowest BCUT2D eigenvalue weighted by atomic mass is 9.99. The van der Waals surface area contributed by atoms with Crippen molar-refractivity contribution in [2.75, 3.05) is 18.8 Å². The molecule has 20 heavy (non-hydrogen) atoms. The fourth-order valence-electron chi connectivity index (χ4n) is 2.90. The first-order chi connectivity index (χ1) is 9.72. The molecule has 0 bridgehead atoms. The van der Waals surface area contributed by atoms with Gasteiger partial charge in [-0.3, -0.25) is 4.90 Å². The number of nitrogens with zero attached hydrogens (tertiary/aromatic N) is 1. The summed E-state index contributed by atoms with van der Waals surface area (Å²) in [5.74, 6) is 0.653. The van der Waals surface area contributed by atoms with Crippen LogP contribution in [0.4, 0.5) is 5.69 Å². The van der Waals surface area contributed by atoms with Gasteiger partial charge in [-0.2, -0.15) is 0 Å². The van der Waals surface area contributed by atoms with E-state index in [9.17, 15) is 0 Å². The molecule has 2 aromatic carbocycles. The summed E-state index contributed by atoms with van der Waals surface area (Å²) in [4.78, 5) is 2.49. The zero-order chi connectivity index (χ0) is 13.9. The largest absolute Gasteiger partial charge is 0.398 e. The second kappa shape index (κ2) is 5.86. The highest BCUT2D eigenvalue weighted by atomic mass is 35.5. The number of nitrogens with two attached hydrogens (primary N) is 1. The summed E-state index contributed by atoms with van der Waals surface area (Å²) >= 11 is 6.08. The van der Waals surface area contributed by atoms with Crippen molar-refractivity contribution in [2.24, 2.45) is 0 Å². The van der Waals surface area contributed by atoms with E-state index in [0.29, 0.717) is 16.6 Å². The molecular formula is C17H19ClN2. The lowest BCUT2D eigenvalue weighted by Gasteiger charge is -2.16. The molecule has 1 fully saturated rings. The summed E-state index contributed by atoms with van der Waals surface area (Å²) in [6.45, 7) is 3.21. The van der Waals surface area contributed by atoms with Crippen molar-refractivity contribution in [3.63, 3.8) is 0 Å². The fraction of sp³-hybridized carbons (Fsp3) is 0.294. The summed E-state index contributed by atoms with van der Waals surface area (Å²) in [5.41, 5.74) is 9.08. The highest BCUT2D eigenvalue weighted by Gasteiger charge is 2.23. The van der Waals surface area contributed by atoms with E-state index in [2.05, 4.69) is 41.3 Å². The van der Waals surface area contributed by atoms with Crippen molar-refractivity contribution in [1.29, 1.82) is 0 Å². The maximum absolute atomic E-state index is 6.08. The summed E-state index contributed by atoms with van der Waals surface area (Å²) in [7, 11) is 0.